The summed E-state index contributed by atoms with van der Waals surface area (Å²) in [6.45, 7) is 10.2. The van der Waals surface area contributed by atoms with Crippen LogP contribution in [0, 0.1) is 6.92 Å². The average molecular weight is 291 g/mol. The van der Waals surface area contributed by atoms with Gasteiger partial charge >= 0.3 is 0 Å². The molecule has 3 unspecified atom stereocenters. The van der Waals surface area contributed by atoms with Crippen molar-refractivity contribution in [2.45, 2.75) is 64.6 Å². The van der Waals surface area contributed by atoms with Crippen LogP contribution in [0.1, 0.15) is 45.6 Å². The van der Waals surface area contributed by atoms with Crippen LogP contribution in [0.15, 0.2) is 24.3 Å². The maximum absolute atomic E-state index is 5.90. The van der Waals surface area contributed by atoms with Crippen molar-refractivity contribution in [2.24, 2.45) is 0 Å². The molecule has 21 heavy (non-hydrogen) atoms. The van der Waals surface area contributed by atoms with E-state index in [4.69, 9.17) is 9.47 Å². The topological polar surface area (TPSA) is 30.5 Å². The van der Waals surface area contributed by atoms with Crippen LogP contribution < -0.4 is 10.1 Å². The quantitative estimate of drug-likeness (QED) is 0.867. The van der Waals surface area contributed by atoms with Crippen molar-refractivity contribution in [3.05, 3.63) is 29.8 Å². The van der Waals surface area contributed by atoms with Crippen molar-refractivity contribution in [2.75, 3.05) is 13.2 Å². The van der Waals surface area contributed by atoms with E-state index in [9.17, 15) is 0 Å². The molecule has 1 aromatic carbocycles. The largest absolute Gasteiger partial charge is 0.492 e. The fourth-order valence-electron chi connectivity index (χ4n) is 2.82. The summed E-state index contributed by atoms with van der Waals surface area (Å²) >= 11 is 0. The first kappa shape index (κ1) is 16.3. The van der Waals surface area contributed by atoms with E-state index in [2.05, 4.69) is 45.1 Å². The maximum atomic E-state index is 5.90. The summed E-state index contributed by atoms with van der Waals surface area (Å²) < 4.78 is 11.7. The highest BCUT2D eigenvalue weighted by atomic mass is 16.5. The van der Waals surface area contributed by atoms with Gasteiger partial charge in [-0.05, 0) is 52.2 Å². The third-order valence-electron chi connectivity index (χ3n) is 4.38. The van der Waals surface area contributed by atoms with Gasteiger partial charge in [-0.1, -0.05) is 24.6 Å². The zero-order valence-electron chi connectivity index (χ0n) is 13.8. The Kier molecular flexibility index (Phi) is 5.65. The zero-order valence-corrected chi connectivity index (χ0v) is 13.8. The molecule has 3 atom stereocenters. The van der Waals surface area contributed by atoms with E-state index in [0.29, 0.717) is 18.7 Å². The van der Waals surface area contributed by atoms with Crippen LogP contribution in [0.4, 0.5) is 0 Å². The lowest BCUT2D eigenvalue weighted by molar-refractivity contribution is -0.0793. The Balaban J connectivity index is 1.76. The molecule has 1 aromatic rings. The Labute approximate surface area is 129 Å². The third kappa shape index (κ3) is 5.01. The number of hydrogen-bond donors (Lipinski definition) is 1. The fraction of sp³-hybridized carbons (Fsp3) is 0.667. The number of ether oxygens (including phenoxy) is 2. The molecule has 1 aliphatic heterocycles. The first-order chi connectivity index (χ1) is 10.0. The number of nitrogens with one attached hydrogen (secondary N) is 1. The van der Waals surface area contributed by atoms with E-state index >= 15 is 0 Å². The summed E-state index contributed by atoms with van der Waals surface area (Å²) in [5.41, 5.74) is 1.29. The molecule has 0 bridgehead atoms. The molecule has 0 aromatic heterocycles. The van der Waals surface area contributed by atoms with E-state index in [1.54, 1.807) is 0 Å². The standard InChI is InChI=1S/C18H29NO2/c1-5-18(4)12-16(10-11-21-18)19-15(3)13-20-17-8-6-14(2)7-9-17/h6-9,15-16,19H,5,10-13H2,1-4H3. The molecule has 1 saturated heterocycles. The van der Waals surface area contributed by atoms with Gasteiger partial charge in [0.2, 0.25) is 0 Å². The molecule has 0 aliphatic carbocycles. The highest BCUT2D eigenvalue weighted by Crippen LogP contribution is 2.27. The van der Waals surface area contributed by atoms with Crippen LogP contribution >= 0.6 is 0 Å². The van der Waals surface area contributed by atoms with Crippen molar-refractivity contribution < 1.29 is 9.47 Å². The van der Waals surface area contributed by atoms with Gasteiger partial charge in [-0.3, -0.25) is 0 Å². The lowest BCUT2D eigenvalue weighted by Gasteiger charge is -2.39. The van der Waals surface area contributed by atoms with Gasteiger partial charge in [-0.2, -0.15) is 0 Å². The Morgan fingerprint density at radius 2 is 2.10 bits per heavy atom. The minimum atomic E-state index is 0.0352. The first-order valence-corrected chi connectivity index (χ1v) is 8.10. The third-order valence-corrected chi connectivity index (χ3v) is 4.38. The van der Waals surface area contributed by atoms with Crippen LogP contribution in [0.2, 0.25) is 0 Å². The van der Waals surface area contributed by atoms with Crippen LogP contribution in [-0.4, -0.2) is 30.9 Å². The molecular weight excluding hydrogens is 262 g/mol. The zero-order chi connectivity index (χ0) is 15.3. The maximum Gasteiger partial charge on any atom is 0.119 e. The van der Waals surface area contributed by atoms with Gasteiger partial charge in [0, 0.05) is 18.7 Å². The number of benzene rings is 1. The number of hydrogen-bond acceptors (Lipinski definition) is 3. The summed E-state index contributed by atoms with van der Waals surface area (Å²) in [6, 6.07) is 9.10. The normalized spacial score (nSPS) is 27.3. The second kappa shape index (κ2) is 7.28. The summed E-state index contributed by atoms with van der Waals surface area (Å²) in [5, 5.41) is 3.68. The molecule has 0 amide bonds. The molecule has 1 N–H and O–H groups in total. The molecule has 3 heteroatoms. The minimum Gasteiger partial charge on any atom is -0.492 e. The second-order valence-corrected chi connectivity index (χ2v) is 6.53. The second-order valence-electron chi connectivity index (χ2n) is 6.53. The van der Waals surface area contributed by atoms with Crippen molar-refractivity contribution in [1.82, 2.24) is 5.32 Å². The van der Waals surface area contributed by atoms with Crippen molar-refractivity contribution in [1.29, 1.82) is 0 Å². The predicted octanol–water partition coefficient (Wildman–Crippen LogP) is 3.70. The van der Waals surface area contributed by atoms with E-state index in [1.807, 2.05) is 12.1 Å². The lowest BCUT2D eigenvalue weighted by atomic mass is 9.89. The first-order valence-electron chi connectivity index (χ1n) is 8.10. The molecule has 0 radical (unpaired) electrons. The summed E-state index contributed by atoms with van der Waals surface area (Å²) in [6.07, 6.45) is 3.24. The highest BCUT2D eigenvalue weighted by Gasteiger charge is 2.31. The van der Waals surface area contributed by atoms with Crippen LogP contribution in [0.5, 0.6) is 5.75 Å². The molecule has 1 fully saturated rings. The molecule has 2 rings (SSSR count). The van der Waals surface area contributed by atoms with Gasteiger partial charge in [0.05, 0.1) is 5.60 Å². The SMILES string of the molecule is CCC1(C)CC(NC(C)COc2ccc(C)cc2)CCO1. The van der Waals surface area contributed by atoms with Gasteiger partial charge in [0.1, 0.15) is 12.4 Å². The van der Waals surface area contributed by atoms with Crippen LogP contribution in [-0.2, 0) is 4.74 Å². The minimum absolute atomic E-state index is 0.0352. The highest BCUT2D eigenvalue weighted by molar-refractivity contribution is 5.26. The summed E-state index contributed by atoms with van der Waals surface area (Å²) in [5.74, 6) is 0.944. The average Bonchev–Trinajstić information content (AvgIpc) is 2.47. The molecule has 0 saturated carbocycles. The summed E-state index contributed by atoms with van der Waals surface area (Å²) in [4.78, 5) is 0. The lowest BCUT2D eigenvalue weighted by Crippen LogP contribution is -2.48. The van der Waals surface area contributed by atoms with E-state index in [-0.39, 0.29) is 5.60 Å². The molecule has 118 valence electrons. The van der Waals surface area contributed by atoms with E-state index < -0.39 is 0 Å². The van der Waals surface area contributed by atoms with Crippen molar-refractivity contribution >= 4 is 0 Å². The molecular formula is C18H29NO2. The predicted molar refractivity (Wildman–Crippen MR) is 86.9 cm³/mol. The Hall–Kier alpha value is -1.06. The molecule has 1 heterocycles. The number of rotatable bonds is 6. The van der Waals surface area contributed by atoms with Gasteiger partial charge in [0.15, 0.2) is 0 Å². The molecule has 1 aliphatic rings. The molecule has 3 nitrogen and oxygen atoms in total. The smallest absolute Gasteiger partial charge is 0.119 e. The van der Waals surface area contributed by atoms with Crippen LogP contribution in [0.25, 0.3) is 0 Å². The van der Waals surface area contributed by atoms with Gasteiger partial charge < -0.3 is 14.8 Å². The van der Waals surface area contributed by atoms with Gasteiger partial charge in [-0.15, -0.1) is 0 Å². The van der Waals surface area contributed by atoms with Crippen LogP contribution in [0.3, 0.4) is 0 Å². The fourth-order valence-corrected chi connectivity index (χ4v) is 2.82. The Bertz CT molecular complexity index is 431. The molecule has 0 spiro atoms. The number of aryl methyl sites for hydroxylation is 1. The van der Waals surface area contributed by atoms with Crippen molar-refractivity contribution in [3.8, 4) is 5.75 Å². The Morgan fingerprint density at radius 3 is 2.76 bits per heavy atom. The van der Waals surface area contributed by atoms with E-state index in [0.717, 1.165) is 31.6 Å². The monoisotopic (exact) mass is 291 g/mol. The summed E-state index contributed by atoms with van der Waals surface area (Å²) in [7, 11) is 0. The van der Waals surface area contributed by atoms with Crippen molar-refractivity contribution in [3.63, 3.8) is 0 Å². The van der Waals surface area contributed by atoms with Gasteiger partial charge in [-0.25, -0.2) is 0 Å². The Morgan fingerprint density at radius 1 is 1.38 bits per heavy atom. The van der Waals surface area contributed by atoms with E-state index in [1.165, 1.54) is 5.56 Å². The van der Waals surface area contributed by atoms with Gasteiger partial charge in [0.25, 0.3) is 0 Å².